The molecule has 0 aliphatic rings. The molecule has 0 saturated carbocycles. The van der Waals surface area contributed by atoms with Gasteiger partial charge in [-0.15, -0.1) is 0 Å². The predicted octanol–water partition coefficient (Wildman–Crippen LogP) is -1.79. The lowest BCUT2D eigenvalue weighted by Gasteiger charge is -2.28. The van der Waals surface area contributed by atoms with Crippen molar-refractivity contribution < 1.29 is 24.0 Å². The molecule has 0 aliphatic heterocycles. The van der Waals surface area contributed by atoms with Crippen molar-refractivity contribution in [1.82, 2.24) is 0 Å². The molecular formula is C3H7O5P-2. The highest BCUT2D eigenvalue weighted by Gasteiger charge is 1.88. The topological polar surface area (TPSA) is 92.7 Å². The molecule has 0 aromatic heterocycles. The van der Waals surface area contributed by atoms with Crippen LogP contribution in [0.25, 0.3) is 0 Å². The molecule has 0 aromatic carbocycles. The number of hydrogen-bond donors (Lipinski definition) is 1. The minimum atomic E-state index is -4.81. The second-order valence-corrected chi connectivity index (χ2v) is 2.51. The second kappa shape index (κ2) is 3.98. The Bertz CT molecular complexity index is 107. The van der Waals surface area contributed by atoms with E-state index in [2.05, 4.69) is 4.52 Å². The molecule has 0 fully saturated rings. The van der Waals surface area contributed by atoms with Crippen molar-refractivity contribution in [3.8, 4) is 0 Å². The van der Waals surface area contributed by atoms with Gasteiger partial charge in [0, 0.05) is 6.61 Å². The van der Waals surface area contributed by atoms with Crippen LogP contribution in [-0.2, 0) is 9.09 Å². The highest BCUT2D eigenvalue weighted by Crippen LogP contribution is 2.23. The van der Waals surface area contributed by atoms with Crippen LogP contribution in [0, 0.1) is 0 Å². The molecule has 0 saturated heterocycles. The average molecular weight is 154 g/mol. The number of rotatable bonds is 4. The van der Waals surface area contributed by atoms with Crippen LogP contribution in [0.15, 0.2) is 0 Å². The maximum absolute atomic E-state index is 9.67. The first kappa shape index (κ1) is 9.07. The molecule has 0 spiro atoms. The van der Waals surface area contributed by atoms with Crippen LogP contribution in [0.1, 0.15) is 6.42 Å². The zero-order valence-electron chi connectivity index (χ0n) is 4.65. The third-order valence-corrected chi connectivity index (χ3v) is 1.05. The van der Waals surface area contributed by atoms with E-state index in [0.29, 0.717) is 0 Å². The van der Waals surface area contributed by atoms with Crippen molar-refractivity contribution in [2.45, 2.75) is 6.42 Å². The maximum Gasteiger partial charge on any atom is 0.0596 e. The Kier molecular flexibility index (Phi) is 4.01. The molecule has 56 valence electrons. The van der Waals surface area contributed by atoms with Gasteiger partial charge in [0.25, 0.3) is 0 Å². The molecule has 0 unspecified atom stereocenters. The zero-order chi connectivity index (χ0) is 7.33. The molecule has 5 nitrogen and oxygen atoms in total. The first-order valence-corrected chi connectivity index (χ1v) is 3.80. The fourth-order valence-corrected chi connectivity index (χ4v) is 0.594. The molecule has 0 amide bonds. The average Bonchev–Trinajstić information content (AvgIpc) is 1.63. The number of phosphoric ester groups is 1. The lowest BCUT2D eigenvalue weighted by Crippen LogP contribution is -2.17. The highest BCUT2D eigenvalue weighted by molar-refractivity contribution is 7.43. The molecule has 0 rings (SSSR count). The van der Waals surface area contributed by atoms with E-state index >= 15 is 0 Å². The Hall–Kier alpha value is 0.0700. The van der Waals surface area contributed by atoms with Gasteiger partial charge >= 0.3 is 0 Å². The molecule has 0 aliphatic carbocycles. The van der Waals surface area contributed by atoms with Crippen LogP contribution < -0.4 is 9.79 Å². The number of aliphatic hydroxyl groups is 1. The lowest BCUT2D eigenvalue weighted by atomic mass is 10.5. The summed E-state index contributed by atoms with van der Waals surface area (Å²) in [5, 5.41) is 8.09. The van der Waals surface area contributed by atoms with Crippen LogP contribution in [0.4, 0.5) is 0 Å². The SMILES string of the molecule is O=P([O-])([O-])OCCCO. The summed E-state index contributed by atoms with van der Waals surface area (Å²) in [6.07, 6.45) is 0.161. The van der Waals surface area contributed by atoms with Gasteiger partial charge in [-0.3, -0.25) is 0 Å². The summed E-state index contributed by atoms with van der Waals surface area (Å²) in [5.41, 5.74) is 0. The fourth-order valence-electron chi connectivity index (χ4n) is 0.241. The second-order valence-electron chi connectivity index (χ2n) is 1.36. The summed E-state index contributed by atoms with van der Waals surface area (Å²) in [6, 6.07) is 0. The molecule has 1 N–H and O–H groups in total. The quantitative estimate of drug-likeness (QED) is 0.381. The van der Waals surface area contributed by atoms with Crippen molar-refractivity contribution >= 4 is 7.82 Å². The standard InChI is InChI=1S/C3H9O5P/c4-2-1-3-8-9(5,6)7/h4H,1-3H2,(H2,5,6,7)/p-2. The van der Waals surface area contributed by atoms with Gasteiger partial charge in [0.15, 0.2) is 0 Å². The Morgan fingerprint density at radius 1 is 1.56 bits per heavy atom. The summed E-state index contributed by atoms with van der Waals surface area (Å²) >= 11 is 0. The van der Waals surface area contributed by atoms with E-state index in [1.165, 1.54) is 0 Å². The Morgan fingerprint density at radius 2 is 2.11 bits per heavy atom. The minimum Gasteiger partial charge on any atom is -0.790 e. The normalized spacial score (nSPS) is 11.9. The molecule has 0 heterocycles. The number of hydrogen-bond acceptors (Lipinski definition) is 5. The van der Waals surface area contributed by atoms with E-state index in [4.69, 9.17) is 5.11 Å². The van der Waals surface area contributed by atoms with Crippen LogP contribution in [0.2, 0.25) is 0 Å². The van der Waals surface area contributed by atoms with Crippen molar-refractivity contribution in [1.29, 1.82) is 0 Å². The molecule has 0 bridgehead atoms. The van der Waals surface area contributed by atoms with Gasteiger partial charge in [0.2, 0.25) is 0 Å². The highest BCUT2D eigenvalue weighted by atomic mass is 31.2. The van der Waals surface area contributed by atoms with E-state index in [-0.39, 0.29) is 19.6 Å². The van der Waals surface area contributed by atoms with Gasteiger partial charge in [-0.1, -0.05) is 0 Å². The largest absolute Gasteiger partial charge is 0.790 e. The van der Waals surface area contributed by atoms with Crippen LogP contribution in [0.3, 0.4) is 0 Å². The monoisotopic (exact) mass is 154 g/mol. The van der Waals surface area contributed by atoms with Gasteiger partial charge in [-0.2, -0.15) is 0 Å². The van der Waals surface area contributed by atoms with E-state index in [9.17, 15) is 14.4 Å². The Labute approximate surface area is 52.5 Å². The Morgan fingerprint density at radius 3 is 2.44 bits per heavy atom. The van der Waals surface area contributed by atoms with Gasteiger partial charge < -0.3 is 24.0 Å². The predicted molar refractivity (Wildman–Crippen MR) is 25.3 cm³/mol. The third-order valence-electron chi connectivity index (χ3n) is 0.552. The molecule has 6 heteroatoms. The van der Waals surface area contributed by atoms with Crippen molar-refractivity contribution in [3.63, 3.8) is 0 Å². The summed E-state index contributed by atoms with van der Waals surface area (Å²) in [4.78, 5) is 19.3. The summed E-state index contributed by atoms with van der Waals surface area (Å²) in [6.45, 7) is -0.416. The first-order valence-electron chi connectivity index (χ1n) is 2.34. The minimum absolute atomic E-state index is 0.161. The van der Waals surface area contributed by atoms with Crippen molar-refractivity contribution in [2.75, 3.05) is 13.2 Å². The molecule has 0 radical (unpaired) electrons. The number of aliphatic hydroxyl groups excluding tert-OH is 1. The van der Waals surface area contributed by atoms with Gasteiger partial charge in [-0.25, -0.2) is 0 Å². The van der Waals surface area contributed by atoms with Crippen LogP contribution in [-0.4, -0.2) is 18.3 Å². The molecular weight excluding hydrogens is 147 g/mol. The molecule has 9 heavy (non-hydrogen) atoms. The van der Waals surface area contributed by atoms with E-state index < -0.39 is 7.82 Å². The van der Waals surface area contributed by atoms with Gasteiger partial charge in [0.05, 0.1) is 14.4 Å². The van der Waals surface area contributed by atoms with Crippen molar-refractivity contribution in [3.05, 3.63) is 0 Å². The maximum atomic E-state index is 9.67. The summed E-state index contributed by atoms with van der Waals surface area (Å²) in [7, 11) is -4.81. The summed E-state index contributed by atoms with van der Waals surface area (Å²) < 4.78 is 13.4. The summed E-state index contributed by atoms with van der Waals surface area (Å²) in [5.74, 6) is 0. The fraction of sp³-hybridized carbons (Fsp3) is 1.00. The number of phosphoric acid groups is 1. The van der Waals surface area contributed by atoms with E-state index in [1.807, 2.05) is 0 Å². The molecule has 0 atom stereocenters. The van der Waals surface area contributed by atoms with Gasteiger partial charge in [0.1, 0.15) is 0 Å². The van der Waals surface area contributed by atoms with E-state index in [0.717, 1.165) is 0 Å². The van der Waals surface area contributed by atoms with Crippen molar-refractivity contribution in [2.24, 2.45) is 0 Å². The Balaban J connectivity index is 3.18. The van der Waals surface area contributed by atoms with Crippen LogP contribution in [0.5, 0.6) is 0 Å². The van der Waals surface area contributed by atoms with Crippen LogP contribution >= 0.6 is 7.82 Å². The first-order chi connectivity index (χ1) is 4.06. The third kappa shape index (κ3) is 8.07. The van der Waals surface area contributed by atoms with E-state index in [1.54, 1.807) is 0 Å². The van der Waals surface area contributed by atoms with Gasteiger partial charge in [-0.05, 0) is 6.42 Å². The zero-order valence-corrected chi connectivity index (χ0v) is 5.54. The smallest absolute Gasteiger partial charge is 0.0596 e. The molecule has 0 aromatic rings. The lowest BCUT2D eigenvalue weighted by molar-refractivity contribution is -0.341.